The van der Waals surface area contributed by atoms with Gasteiger partial charge in [-0.2, -0.15) is 0 Å². The summed E-state index contributed by atoms with van der Waals surface area (Å²) < 4.78 is 25.4. The van der Waals surface area contributed by atoms with Gasteiger partial charge in [-0.15, -0.1) is 0 Å². The summed E-state index contributed by atoms with van der Waals surface area (Å²) in [6.07, 6.45) is 1.42. The van der Waals surface area contributed by atoms with Gasteiger partial charge in [0.25, 0.3) is 0 Å². The molecule has 7 heteroatoms. The van der Waals surface area contributed by atoms with E-state index in [1.165, 1.54) is 12.3 Å². The van der Waals surface area contributed by atoms with Crippen LogP contribution in [0.4, 0.5) is 0 Å². The van der Waals surface area contributed by atoms with Crippen molar-refractivity contribution < 1.29 is 18.3 Å². The standard InChI is InChI=1S/C10H14BrNO4S/c1-7(2)17(15,16)4-3-12-6-8(10(13)14)5-9(12)11/h5-7H,3-4H2,1-2H3,(H,13,14). The Hall–Kier alpha value is -0.820. The predicted molar refractivity (Wildman–Crippen MR) is 68.0 cm³/mol. The van der Waals surface area contributed by atoms with Crippen LogP contribution in [0.1, 0.15) is 24.2 Å². The van der Waals surface area contributed by atoms with Gasteiger partial charge in [-0.25, -0.2) is 13.2 Å². The van der Waals surface area contributed by atoms with Gasteiger partial charge < -0.3 is 9.67 Å². The minimum absolute atomic E-state index is 0.00297. The normalized spacial score (nSPS) is 12.0. The molecule has 1 N–H and O–H groups in total. The first-order chi connectivity index (χ1) is 7.74. The van der Waals surface area contributed by atoms with E-state index >= 15 is 0 Å². The van der Waals surface area contributed by atoms with Gasteiger partial charge in [-0.3, -0.25) is 0 Å². The van der Waals surface area contributed by atoms with Crippen LogP contribution >= 0.6 is 15.9 Å². The number of aromatic nitrogens is 1. The highest BCUT2D eigenvalue weighted by Crippen LogP contribution is 2.16. The Morgan fingerprint density at radius 1 is 1.53 bits per heavy atom. The van der Waals surface area contributed by atoms with Gasteiger partial charge >= 0.3 is 5.97 Å². The van der Waals surface area contributed by atoms with Crippen LogP contribution < -0.4 is 0 Å². The van der Waals surface area contributed by atoms with Crippen LogP contribution in [0.15, 0.2) is 16.9 Å². The van der Waals surface area contributed by atoms with Crippen LogP contribution in [0.5, 0.6) is 0 Å². The van der Waals surface area contributed by atoms with Crippen LogP contribution in [0, 0.1) is 0 Å². The van der Waals surface area contributed by atoms with Gasteiger partial charge in [0.05, 0.1) is 21.2 Å². The molecule has 0 spiro atoms. The van der Waals surface area contributed by atoms with Crippen molar-refractivity contribution in [1.82, 2.24) is 4.57 Å². The molecule has 0 saturated heterocycles. The lowest BCUT2D eigenvalue weighted by Gasteiger charge is -2.08. The molecule has 0 bridgehead atoms. The maximum Gasteiger partial charge on any atom is 0.337 e. The second-order valence-corrected chi connectivity index (χ2v) is 7.46. The second kappa shape index (κ2) is 5.22. The monoisotopic (exact) mass is 323 g/mol. The third kappa shape index (κ3) is 3.57. The summed E-state index contributed by atoms with van der Waals surface area (Å²) in [4.78, 5) is 10.7. The van der Waals surface area contributed by atoms with E-state index in [1.807, 2.05) is 0 Å². The van der Waals surface area contributed by atoms with Crippen LogP contribution in [0.25, 0.3) is 0 Å². The fraction of sp³-hybridized carbons (Fsp3) is 0.500. The second-order valence-electron chi connectivity index (χ2n) is 3.97. The number of hydrogen-bond acceptors (Lipinski definition) is 3. The van der Waals surface area contributed by atoms with Gasteiger partial charge in [0, 0.05) is 12.7 Å². The van der Waals surface area contributed by atoms with Gasteiger partial charge in [-0.1, -0.05) is 0 Å². The quantitative estimate of drug-likeness (QED) is 0.895. The van der Waals surface area contributed by atoms with Crippen molar-refractivity contribution in [2.24, 2.45) is 0 Å². The molecule has 0 atom stereocenters. The average molecular weight is 324 g/mol. The summed E-state index contributed by atoms with van der Waals surface area (Å²) in [5.41, 5.74) is 0.138. The molecule has 0 saturated carbocycles. The Labute approximate surface area is 108 Å². The predicted octanol–water partition coefficient (Wildman–Crippen LogP) is 1.77. The van der Waals surface area contributed by atoms with Crippen molar-refractivity contribution in [3.05, 3.63) is 22.4 Å². The number of aryl methyl sites for hydroxylation is 1. The molecule has 1 aromatic heterocycles. The van der Waals surface area contributed by atoms with E-state index in [0.717, 1.165) is 0 Å². The lowest BCUT2D eigenvalue weighted by atomic mass is 10.4. The van der Waals surface area contributed by atoms with E-state index in [0.29, 0.717) is 4.60 Å². The van der Waals surface area contributed by atoms with Crippen LogP contribution in [0.2, 0.25) is 0 Å². The molecular weight excluding hydrogens is 310 g/mol. The molecule has 0 amide bonds. The zero-order valence-corrected chi connectivity index (χ0v) is 12.0. The maximum absolute atomic E-state index is 11.6. The molecule has 17 heavy (non-hydrogen) atoms. The number of carboxylic acid groups (broad SMARTS) is 1. The summed E-state index contributed by atoms with van der Waals surface area (Å²) in [5.74, 6) is -1.03. The molecule has 0 aliphatic rings. The summed E-state index contributed by atoms with van der Waals surface area (Å²) >= 11 is 3.20. The van der Waals surface area contributed by atoms with E-state index < -0.39 is 21.1 Å². The smallest absolute Gasteiger partial charge is 0.337 e. The summed E-state index contributed by atoms with van der Waals surface area (Å²) in [7, 11) is -3.11. The molecule has 0 aliphatic heterocycles. The third-order valence-electron chi connectivity index (χ3n) is 2.43. The van der Waals surface area contributed by atoms with Crippen molar-refractivity contribution in [3.63, 3.8) is 0 Å². The maximum atomic E-state index is 11.6. The molecule has 0 aromatic carbocycles. The minimum atomic E-state index is -3.11. The van der Waals surface area contributed by atoms with Crippen molar-refractivity contribution in [2.45, 2.75) is 25.6 Å². The van der Waals surface area contributed by atoms with E-state index in [2.05, 4.69) is 15.9 Å². The molecule has 1 rings (SSSR count). The molecule has 0 unspecified atom stereocenters. The summed E-state index contributed by atoms with van der Waals surface area (Å²) in [5, 5.41) is 8.37. The van der Waals surface area contributed by atoms with Crippen molar-refractivity contribution in [2.75, 3.05) is 5.75 Å². The molecular formula is C10H14BrNO4S. The SMILES string of the molecule is CC(C)S(=O)(=O)CCn1cc(C(=O)O)cc1Br. The van der Waals surface area contributed by atoms with E-state index in [4.69, 9.17) is 5.11 Å². The molecule has 5 nitrogen and oxygen atoms in total. The number of aromatic carboxylic acids is 1. The Morgan fingerprint density at radius 3 is 2.53 bits per heavy atom. The first-order valence-electron chi connectivity index (χ1n) is 5.04. The zero-order chi connectivity index (χ0) is 13.2. The first kappa shape index (κ1) is 14.2. The molecule has 0 fully saturated rings. The van der Waals surface area contributed by atoms with Gasteiger partial charge in [-0.05, 0) is 35.8 Å². The van der Waals surface area contributed by atoms with Gasteiger partial charge in [0.1, 0.15) is 0 Å². The van der Waals surface area contributed by atoms with Gasteiger partial charge in [0.2, 0.25) is 0 Å². The number of nitrogens with zero attached hydrogens (tertiary/aromatic N) is 1. The summed E-state index contributed by atoms with van der Waals surface area (Å²) in [6, 6.07) is 1.45. The fourth-order valence-corrected chi connectivity index (χ4v) is 2.68. The third-order valence-corrected chi connectivity index (χ3v) is 5.30. The van der Waals surface area contributed by atoms with E-state index in [-0.39, 0.29) is 17.9 Å². The summed E-state index contributed by atoms with van der Waals surface area (Å²) in [6.45, 7) is 3.50. The lowest BCUT2D eigenvalue weighted by molar-refractivity contribution is 0.0697. The molecule has 1 aromatic rings. The highest BCUT2D eigenvalue weighted by Gasteiger charge is 2.17. The van der Waals surface area contributed by atoms with Crippen LogP contribution in [-0.4, -0.2) is 35.1 Å². The van der Waals surface area contributed by atoms with Crippen LogP contribution in [0.3, 0.4) is 0 Å². The van der Waals surface area contributed by atoms with Crippen molar-refractivity contribution in [1.29, 1.82) is 0 Å². The molecule has 96 valence electrons. The first-order valence-corrected chi connectivity index (χ1v) is 7.55. The molecule has 0 radical (unpaired) electrons. The van der Waals surface area contributed by atoms with E-state index in [9.17, 15) is 13.2 Å². The average Bonchev–Trinajstić information content (AvgIpc) is 2.57. The topological polar surface area (TPSA) is 76.4 Å². The number of carbonyl (C=O) groups is 1. The van der Waals surface area contributed by atoms with Crippen molar-refractivity contribution in [3.8, 4) is 0 Å². The fourth-order valence-electron chi connectivity index (χ4n) is 1.23. The van der Waals surface area contributed by atoms with E-state index in [1.54, 1.807) is 18.4 Å². The number of carboxylic acids is 1. The molecule has 0 aliphatic carbocycles. The van der Waals surface area contributed by atoms with Crippen LogP contribution in [-0.2, 0) is 16.4 Å². The largest absolute Gasteiger partial charge is 0.478 e. The number of rotatable bonds is 5. The Kier molecular flexibility index (Phi) is 4.37. The number of sulfone groups is 1. The zero-order valence-electron chi connectivity index (χ0n) is 9.55. The van der Waals surface area contributed by atoms with Gasteiger partial charge in [0.15, 0.2) is 9.84 Å². The Bertz CT molecular complexity index is 518. The lowest BCUT2D eigenvalue weighted by Crippen LogP contribution is -2.21. The highest BCUT2D eigenvalue weighted by atomic mass is 79.9. The Balaban J connectivity index is 2.80. The van der Waals surface area contributed by atoms with Crippen molar-refractivity contribution >= 4 is 31.7 Å². The molecule has 1 heterocycles. The highest BCUT2D eigenvalue weighted by molar-refractivity contribution is 9.10. The number of halogens is 1. The number of hydrogen-bond donors (Lipinski definition) is 1. The Morgan fingerprint density at radius 2 is 2.12 bits per heavy atom. The minimum Gasteiger partial charge on any atom is -0.478 e.